The number of hydrogen-bond acceptors (Lipinski definition) is 6. The van der Waals surface area contributed by atoms with Gasteiger partial charge in [-0.05, 0) is 43.2 Å². The van der Waals surface area contributed by atoms with Crippen molar-refractivity contribution in [1.29, 1.82) is 0 Å². The van der Waals surface area contributed by atoms with Crippen LogP contribution in [0.5, 0.6) is 0 Å². The number of nitrogens with one attached hydrogen (secondary N) is 1. The van der Waals surface area contributed by atoms with E-state index in [1.165, 1.54) is 0 Å². The van der Waals surface area contributed by atoms with Gasteiger partial charge in [0.1, 0.15) is 0 Å². The molecule has 0 unspecified atom stereocenters. The van der Waals surface area contributed by atoms with Gasteiger partial charge in [-0.15, -0.1) is 5.10 Å². The Kier molecular flexibility index (Phi) is 3.14. The number of aromatic nitrogens is 5. The van der Waals surface area contributed by atoms with Crippen molar-refractivity contribution in [2.24, 2.45) is 5.73 Å². The third kappa shape index (κ3) is 2.49. The highest BCUT2D eigenvalue weighted by atomic mass is 15.3. The number of hydrogen-bond donors (Lipinski definition) is 2. The molecule has 1 aliphatic carbocycles. The summed E-state index contributed by atoms with van der Waals surface area (Å²) in [6.07, 6.45) is 7.47. The number of anilines is 1. The summed E-state index contributed by atoms with van der Waals surface area (Å²) in [7, 11) is 0. The molecule has 7 nitrogen and oxygen atoms in total. The monoisotopic (exact) mass is 331 g/mol. The summed E-state index contributed by atoms with van der Waals surface area (Å²) in [6.45, 7) is 0. The number of fused-ring (bicyclic) bond motifs is 2. The minimum atomic E-state index is 0.299. The number of nitrogens with two attached hydrogens (primary N) is 1. The summed E-state index contributed by atoms with van der Waals surface area (Å²) in [5.74, 6) is 0.627. The molecule has 0 aromatic carbocycles. The molecule has 4 heterocycles. The lowest BCUT2D eigenvalue weighted by Crippen LogP contribution is -2.44. The summed E-state index contributed by atoms with van der Waals surface area (Å²) in [6, 6.07) is 10.5. The molecule has 124 valence electrons. The van der Waals surface area contributed by atoms with Crippen molar-refractivity contribution in [2.45, 2.75) is 24.9 Å². The second-order valence-electron chi connectivity index (χ2n) is 6.45. The molecular weight excluding hydrogens is 314 g/mol. The molecule has 0 radical (unpaired) electrons. The quantitative estimate of drug-likeness (QED) is 0.598. The summed E-state index contributed by atoms with van der Waals surface area (Å²) in [5, 5.41) is 7.87. The van der Waals surface area contributed by atoms with Gasteiger partial charge in [-0.1, -0.05) is 0 Å². The van der Waals surface area contributed by atoms with Crippen molar-refractivity contribution in [3.8, 4) is 11.3 Å². The topological polar surface area (TPSA) is 94.0 Å². The molecular formula is C18H17N7. The van der Waals surface area contributed by atoms with E-state index in [0.29, 0.717) is 18.0 Å². The molecule has 0 saturated heterocycles. The van der Waals surface area contributed by atoms with E-state index in [1.807, 2.05) is 47.2 Å². The third-order valence-electron chi connectivity index (χ3n) is 4.66. The van der Waals surface area contributed by atoms with Crippen LogP contribution < -0.4 is 11.1 Å². The van der Waals surface area contributed by atoms with Crippen molar-refractivity contribution in [3.63, 3.8) is 0 Å². The average Bonchev–Trinajstić information content (AvgIpc) is 3.03. The SMILES string of the molecule is N[C@H]1C[C@H](Nc2ncc3c(-c4ccc5ncccc5n4)ccn3n2)C1. The van der Waals surface area contributed by atoms with Gasteiger partial charge >= 0.3 is 0 Å². The molecule has 0 spiro atoms. The molecule has 0 aliphatic heterocycles. The summed E-state index contributed by atoms with van der Waals surface area (Å²) < 4.78 is 1.83. The van der Waals surface area contributed by atoms with E-state index in [1.54, 1.807) is 6.20 Å². The fourth-order valence-corrected chi connectivity index (χ4v) is 3.25. The first kappa shape index (κ1) is 14.3. The first-order valence-corrected chi connectivity index (χ1v) is 8.35. The van der Waals surface area contributed by atoms with Crippen molar-refractivity contribution >= 4 is 22.5 Å². The van der Waals surface area contributed by atoms with E-state index in [0.717, 1.165) is 40.6 Å². The largest absolute Gasteiger partial charge is 0.350 e. The van der Waals surface area contributed by atoms with E-state index in [-0.39, 0.29) is 0 Å². The molecule has 1 fully saturated rings. The Morgan fingerprint density at radius 2 is 2.00 bits per heavy atom. The first-order chi connectivity index (χ1) is 12.3. The third-order valence-corrected chi connectivity index (χ3v) is 4.66. The Morgan fingerprint density at radius 3 is 2.88 bits per heavy atom. The summed E-state index contributed by atoms with van der Waals surface area (Å²) in [5.41, 5.74) is 10.4. The molecule has 0 bridgehead atoms. The Morgan fingerprint density at radius 1 is 1.08 bits per heavy atom. The van der Waals surface area contributed by atoms with Crippen LogP contribution in [-0.4, -0.2) is 36.6 Å². The van der Waals surface area contributed by atoms with Crippen LogP contribution in [0.15, 0.2) is 48.9 Å². The van der Waals surface area contributed by atoms with Gasteiger partial charge in [-0.3, -0.25) is 4.98 Å². The van der Waals surface area contributed by atoms with E-state index >= 15 is 0 Å². The first-order valence-electron chi connectivity index (χ1n) is 8.35. The van der Waals surface area contributed by atoms with E-state index in [2.05, 4.69) is 20.4 Å². The Hall–Kier alpha value is -3.06. The molecule has 3 N–H and O–H groups in total. The van der Waals surface area contributed by atoms with Crippen LogP contribution in [-0.2, 0) is 0 Å². The Bertz CT molecular complexity index is 1070. The molecule has 25 heavy (non-hydrogen) atoms. The zero-order valence-corrected chi connectivity index (χ0v) is 13.5. The normalized spacial score (nSPS) is 19.9. The van der Waals surface area contributed by atoms with Gasteiger partial charge in [-0.25, -0.2) is 14.5 Å². The van der Waals surface area contributed by atoms with Gasteiger partial charge in [0.2, 0.25) is 5.95 Å². The average molecular weight is 331 g/mol. The zero-order chi connectivity index (χ0) is 16.8. The minimum absolute atomic E-state index is 0.299. The fourth-order valence-electron chi connectivity index (χ4n) is 3.25. The second-order valence-corrected chi connectivity index (χ2v) is 6.45. The highest BCUT2D eigenvalue weighted by Gasteiger charge is 2.26. The molecule has 0 amide bonds. The van der Waals surface area contributed by atoms with Gasteiger partial charge in [0, 0.05) is 30.0 Å². The van der Waals surface area contributed by atoms with Gasteiger partial charge < -0.3 is 11.1 Å². The number of nitrogens with zero attached hydrogens (tertiary/aromatic N) is 5. The van der Waals surface area contributed by atoms with E-state index < -0.39 is 0 Å². The molecule has 0 atom stereocenters. The predicted octanol–water partition coefficient (Wildman–Crippen LogP) is 2.24. The maximum Gasteiger partial charge on any atom is 0.241 e. The van der Waals surface area contributed by atoms with E-state index in [4.69, 9.17) is 10.7 Å². The van der Waals surface area contributed by atoms with Crippen LogP contribution in [0.4, 0.5) is 5.95 Å². The molecule has 4 aromatic heterocycles. The number of pyridine rings is 2. The maximum atomic E-state index is 5.82. The van der Waals surface area contributed by atoms with Crippen LogP contribution in [0.25, 0.3) is 27.8 Å². The zero-order valence-electron chi connectivity index (χ0n) is 13.5. The molecule has 4 aromatic rings. The molecule has 5 rings (SSSR count). The molecule has 7 heteroatoms. The van der Waals surface area contributed by atoms with Crippen LogP contribution in [0, 0.1) is 0 Å². The second kappa shape index (κ2) is 5.49. The standard InChI is InChI=1S/C18H17N7/c19-11-8-12(9-11)22-18-21-10-17-13(5-7-25(17)24-18)14-3-4-15-16(23-14)2-1-6-20-15/h1-7,10-12H,8-9,19H2,(H,22,24)/t11-,12-. The van der Waals surface area contributed by atoms with Crippen LogP contribution in [0.2, 0.25) is 0 Å². The Balaban J connectivity index is 1.50. The lowest BCUT2D eigenvalue weighted by molar-refractivity contribution is 0.371. The van der Waals surface area contributed by atoms with Gasteiger partial charge in [0.05, 0.1) is 28.4 Å². The molecule has 1 aliphatic rings. The lowest BCUT2D eigenvalue weighted by atomic mass is 9.88. The summed E-state index contributed by atoms with van der Waals surface area (Å²) >= 11 is 0. The van der Waals surface area contributed by atoms with Gasteiger partial charge in [0.15, 0.2) is 0 Å². The highest BCUT2D eigenvalue weighted by Crippen LogP contribution is 2.26. The highest BCUT2D eigenvalue weighted by molar-refractivity contribution is 5.83. The van der Waals surface area contributed by atoms with Gasteiger partial charge in [0.25, 0.3) is 0 Å². The minimum Gasteiger partial charge on any atom is -0.350 e. The summed E-state index contributed by atoms with van der Waals surface area (Å²) in [4.78, 5) is 13.5. The maximum absolute atomic E-state index is 5.82. The predicted molar refractivity (Wildman–Crippen MR) is 96.1 cm³/mol. The smallest absolute Gasteiger partial charge is 0.241 e. The van der Waals surface area contributed by atoms with Crippen LogP contribution in [0.1, 0.15) is 12.8 Å². The Labute approximate surface area is 143 Å². The van der Waals surface area contributed by atoms with Crippen molar-refractivity contribution in [2.75, 3.05) is 5.32 Å². The van der Waals surface area contributed by atoms with Crippen molar-refractivity contribution in [3.05, 3.63) is 48.9 Å². The van der Waals surface area contributed by atoms with Crippen molar-refractivity contribution < 1.29 is 0 Å². The number of rotatable bonds is 3. The van der Waals surface area contributed by atoms with Crippen molar-refractivity contribution in [1.82, 2.24) is 24.6 Å². The van der Waals surface area contributed by atoms with E-state index in [9.17, 15) is 0 Å². The lowest BCUT2D eigenvalue weighted by Gasteiger charge is -2.32. The fraction of sp³-hybridized carbons (Fsp3) is 0.222. The van der Waals surface area contributed by atoms with Crippen LogP contribution in [0.3, 0.4) is 0 Å². The van der Waals surface area contributed by atoms with Crippen LogP contribution >= 0.6 is 0 Å². The molecule has 1 saturated carbocycles. The van der Waals surface area contributed by atoms with Gasteiger partial charge in [-0.2, -0.15) is 0 Å².